The zero-order valence-electron chi connectivity index (χ0n) is 15.7. The highest BCUT2D eigenvalue weighted by molar-refractivity contribution is 6.16. The summed E-state index contributed by atoms with van der Waals surface area (Å²) in [7, 11) is 3.18. The molecule has 0 amide bonds. The van der Waals surface area contributed by atoms with E-state index in [4.69, 9.17) is 14.2 Å². The Kier molecular flexibility index (Phi) is 4.11. The van der Waals surface area contributed by atoms with E-state index >= 15 is 0 Å². The van der Waals surface area contributed by atoms with Crippen LogP contribution in [0.15, 0.2) is 36.5 Å². The van der Waals surface area contributed by atoms with E-state index in [0.29, 0.717) is 16.9 Å². The molecular formula is C21H20N2O4. The van der Waals surface area contributed by atoms with E-state index in [1.807, 2.05) is 6.20 Å². The van der Waals surface area contributed by atoms with Crippen molar-refractivity contribution in [2.45, 2.75) is 13.8 Å². The van der Waals surface area contributed by atoms with Crippen LogP contribution < -0.4 is 9.47 Å². The van der Waals surface area contributed by atoms with Gasteiger partial charge in [0, 0.05) is 17.8 Å². The van der Waals surface area contributed by atoms with Crippen molar-refractivity contribution >= 4 is 22.3 Å². The molecule has 2 aromatic carbocycles. The van der Waals surface area contributed by atoms with E-state index in [2.05, 4.69) is 36.3 Å². The fraction of sp³-hybridized carbons (Fsp3) is 0.238. The normalized spacial score (nSPS) is 11.3. The van der Waals surface area contributed by atoms with Crippen LogP contribution >= 0.6 is 0 Å². The third-order valence-electron chi connectivity index (χ3n) is 4.69. The maximum Gasteiger partial charge on any atom is 0.359 e. The Morgan fingerprint density at radius 1 is 1.07 bits per heavy atom. The number of nitrogens with zero attached hydrogens (tertiary/aromatic N) is 2. The number of methoxy groups -OCH3 is 2. The molecule has 4 aromatic rings. The molecule has 0 spiro atoms. The van der Waals surface area contributed by atoms with E-state index in [1.54, 1.807) is 31.7 Å². The molecule has 0 fully saturated rings. The average molecular weight is 364 g/mol. The molecule has 0 saturated carbocycles. The Hall–Kier alpha value is -3.28. The number of esters is 1. The van der Waals surface area contributed by atoms with Gasteiger partial charge in [-0.15, -0.1) is 0 Å². The van der Waals surface area contributed by atoms with Gasteiger partial charge in [-0.25, -0.2) is 9.31 Å². The van der Waals surface area contributed by atoms with Gasteiger partial charge in [-0.2, -0.15) is 5.10 Å². The molecule has 2 aromatic heterocycles. The first kappa shape index (κ1) is 17.1. The smallest absolute Gasteiger partial charge is 0.359 e. The van der Waals surface area contributed by atoms with Gasteiger partial charge in [0.05, 0.1) is 37.1 Å². The minimum absolute atomic E-state index is 0.242. The van der Waals surface area contributed by atoms with Gasteiger partial charge in [-0.1, -0.05) is 29.8 Å². The predicted octanol–water partition coefficient (Wildman–Crippen LogP) is 4.09. The number of aryl methyl sites for hydroxylation is 1. The molecule has 0 atom stereocenters. The highest BCUT2D eigenvalue weighted by Crippen LogP contribution is 2.44. The van der Waals surface area contributed by atoms with Gasteiger partial charge in [0.25, 0.3) is 0 Å². The second-order valence-corrected chi connectivity index (χ2v) is 6.30. The lowest BCUT2D eigenvalue weighted by Gasteiger charge is -2.10. The summed E-state index contributed by atoms with van der Waals surface area (Å²) in [5, 5.41) is 6.00. The van der Waals surface area contributed by atoms with Crippen LogP contribution in [0, 0.1) is 6.92 Å². The standard InChI is InChI=1S/C21H20N2O4/c1-5-27-21(24)19-18-16(26-4)10-15(25-3)17-14(11-23(22-19)20(17)18)13-8-6-12(2)7-9-13/h6-11H,5H2,1-4H3. The fourth-order valence-electron chi connectivity index (χ4n) is 3.44. The zero-order chi connectivity index (χ0) is 19.1. The van der Waals surface area contributed by atoms with Crippen molar-refractivity contribution < 1.29 is 19.0 Å². The zero-order valence-corrected chi connectivity index (χ0v) is 15.7. The lowest BCUT2D eigenvalue weighted by molar-refractivity contribution is 0.0521. The molecule has 0 aliphatic heterocycles. The van der Waals surface area contributed by atoms with E-state index in [1.165, 1.54) is 5.56 Å². The molecule has 2 heterocycles. The number of rotatable bonds is 5. The summed E-state index contributed by atoms with van der Waals surface area (Å²) in [6.07, 6.45) is 1.91. The summed E-state index contributed by atoms with van der Waals surface area (Å²) in [5.74, 6) is 0.724. The average Bonchev–Trinajstić information content (AvgIpc) is 3.23. The highest BCUT2D eigenvalue weighted by Gasteiger charge is 2.27. The summed E-state index contributed by atoms with van der Waals surface area (Å²) < 4.78 is 18.0. The first-order valence-electron chi connectivity index (χ1n) is 8.72. The van der Waals surface area contributed by atoms with Crippen LogP contribution in [-0.2, 0) is 4.74 Å². The summed E-state index contributed by atoms with van der Waals surface area (Å²) in [6, 6.07) is 10.0. The Bertz CT molecular complexity index is 1130. The quantitative estimate of drug-likeness (QED) is 0.499. The summed E-state index contributed by atoms with van der Waals surface area (Å²) >= 11 is 0. The second kappa shape index (κ2) is 6.46. The lowest BCUT2D eigenvalue weighted by atomic mass is 10.0. The Morgan fingerprint density at radius 3 is 2.37 bits per heavy atom. The SMILES string of the molecule is CCOC(=O)c1nn2cc(-c3ccc(C)cc3)c3c(OC)cc(OC)c1c32. The van der Waals surface area contributed by atoms with Crippen molar-refractivity contribution in [2.75, 3.05) is 20.8 Å². The number of ether oxygens (including phenoxy) is 3. The van der Waals surface area contributed by atoms with E-state index in [0.717, 1.165) is 22.0 Å². The largest absolute Gasteiger partial charge is 0.496 e. The third-order valence-corrected chi connectivity index (χ3v) is 4.69. The molecular weight excluding hydrogens is 344 g/mol. The molecule has 0 aliphatic carbocycles. The third kappa shape index (κ3) is 2.56. The lowest BCUT2D eigenvalue weighted by Crippen LogP contribution is -2.06. The molecule has 6 heteroatoms. The molecule has 0 N–H and O–H groups in total. The second-order valence-electron chi connectivity index (χ2n) is 6.30. The van der Waals surface area contributed by atoms with E-state index in [-0.39, 0.29) is 12.3 Å². The molecule has 138 valence electrons. The van der Waals surface area contributed by atoms with E-state index in [9.17, 15) is 4.79 Å². The molecule has 0 bridgehead atoms. The molecule has 0 saturated heterocycles. The minimum Gasteiger partial charge on any atom is -0.496 e. The van der Waals surface area contributed by atoms with Gasteiger partial charge in [0.15, 0.2) is 5.69 Å². The van der Waals surface area contributed by atoms with Gasteiger partial charge in [-0.05, 0) is 19.4 Å². The number of benzene rings is 2. The molecule has 6 nitrogen and oxygen atoms in total. The van der Waals surface area contributed by atoms with Crippen molar-refractivity contribution in [3.8, 4) is 22.6 Å². The number of hydrogen-bond acceptors (Lipinski definition) is 5. The summed E-state index contributed by atoms with van der Waals surface area (Å²) in [5.41, 5.74) is 4.24. The van der Waals surface area contributed by atoms with Crippen LogP contribution in [0.5, 0.6) is 11.5 Å². The number of carbonyl (C=O) groups excluding carboxylic acids is 1. The van der Waals surface area contributed by atoms with Crippen LogP contribution in [0.3, 0.4) is 0 Å². The van der Waals surface area contributed by atoms with Crippen molar-refractivity contribution in [1.29, 1.82) is 0 Å². The van der Waals surface area contributed by atoms with Gasteiger partial charge in [0.1, 0.15) is 11.5 Å². The molecule has 0 unspecified atom stereocenters. The minimum atomic E-state index is -0.470. The Labute approximate surface area is 156 Å². The Morgan fingerprint density at radius 2 is 1.74 bits per heavy atom. The van der Waals surface area contributed by atoms with E-state index < -0.39 is 5.97 Å². The number of hydrogen-bond donors (Lipinski definition) is 0. The van der Waals surface area contributed by atoms with Crippen LogP contribution in [0.1, 0.15) is 23.0 Å². The number of aromatic nitrogens is 2. The summed E-state index contributed by atoms with van der Waals surface area (Å²) in [4.78, 5) is 12.4. The molecule has 27 heavy (non-hydrogen) atoms. The van der Waals surface area contributed by atoms with Crippen molar-refractivity contribution in [2.24, 2.45) is 0 Å². The molecule has 0 aliphatic rings. The van der Waals surface area contributed by atoms with Crippen LogP contribution in [0.25, 0.3) is 27.4 Å². The van der Waals surface area contributed by atoms with Crippen molar-refractivity contribution in [1.82, 2.24) is 9.61 Å². The maximum absolute atomic E-state index is 12.4. The maximum atomic E-state index is 12.4. The Balaban J connectivity index is 2.07. The van der Waals surface area contributed by atoms with Gasteiger partial charge in [0.2, 0.25) is 0 Å². The van der Waals surface area contributed by atoms with Gasteiger partial charge < -0.3 is 14.2 Å². The monoisotopic (exact) mass is 364 g/mol. The number of carbonyl (C=O) groups is 1. The van der Waals surface area contributed by atoms with Crippen molar-refractivity contribution in [3.63, 3.8) is 0 Å². The molecule has 4 rings (SSSR count). The van der Waals surface area contributed by atoms with Crippen LogP contribution in [0.2, 0.25) is 0 Å². The first-order valence-corrected chi connectivity index (χ1v) is 8.72. The predicted molar refractivity (Wildman–Crippen MR) is 103 cm³/mol. The van der Waals surface area contributed by atoms with Gasteiger partial charge in [-0.3, -0.25) is 0 Å². The topological polar surface area (TPSA) is 62.1 Å². The van der Waals surface area contributed by atoms with Gasteiger partial charge >= 0.3 is 5.97 Å². The van der Waals surface area contributed by atoms with Crippen LogP contribution in [0.4, 0.5) is 0 Å². The molecule has 0 radical (unpaired) electrons. The fourth-order valence-corrected chi connectivity index (χ4v) is 3.44. The van der Waals surface area contributed by atoms with Crippen molar-refractivity contribution in [3.05, 3.63) is 47.8 Å². The summed E-state index contributed by atoms with van der Waals surface area (Å²) in [6.45, 7) is 4.10. The van der Waals surface area contributed by atoms with Crippen LogP contribution in [-0.4, -0.2) is 36.4 Å². The highest BCUT2D eigenvalue weighted by atomic mass is 16.5. The first-order chi connectivity index (χ1) is 13.1.